The van der Waals surface area contributed by atoms with Crippen LogP contribution in [0.15, 0.2) is 90.2 Å². The number of carbonyl (C=O) groups is 4. The number of rotatable bonds is 16. The first-order chi connectivity index (χ1) is 28.0. The molecule has 14 nitrogen and oxygen atoms in total. The van der Waals surface area contributed by atoms with Crippen LogP contribution in [0.4, 0.5) is 28.4 Å². The second-order valence-corrected chi connectivity index (χ2v) is 14.2. The van der Waals surface area contributed by atoms with Crippen LogP contribution in [0.3, 0.4) is 0 Å². The Balaban J connectivity index is 0.983. The Morgan fingerprint density at radius 2 is 1.45 bits per heavy atom. The van der Waals surface area contributed by atoms with Crippen molar-refractivity contribution in [3.63, 3.8) is 0 Å². The number of anilines is 4. The number of aliphatic imine (C=N–C) groups is 1. The normalized spacial score (nSPS) is 13.9. The number of nitrogens with zero attached hydrogens (tertiary/aromatic N) is 4. The largest absolute Gasteiger partial charge is 0.493 e. The fourth-order valence-electron chi connectivity index (χ4n) is 6.80. The quantitative estimate of drug-likeness (QED) is 0.0461. The molecule has 3 heterocycles. The first kappa shape index (κ1) is 40.8. The molecule has 0 spiro atoms. The van der Waals surface area contributed by atoms with Gasteiger partial charge in [-0.05, 0) is 98.3 Å². The van der Waals surface area contributed by atoms with Gasteiger partial charge in [0.25, 0.3) is 11.8 Å². The lowest BCUT2D eigenvalue weighted by molar-refractivity contribution is -0.120. The SMILES string of the molecule is CNc1ccc(NC(=O)c2cc(-c3ccc(NC(=O)c4cc(NC(=O)CCCOc5cc(/N=C\[C@@H]6CCCCN6C=O)c(C)cc5OC)cn4C)cc3)cn2C)cc1. The van der Waals surface area contributed by atoms with Crippen molar-refractivity contribution in [2.45, 2.75) is 45.1 Å². The molecule has 4 N–H and O–H groups in total. The van der Waals surface area contributed by atoms with Gasteiger partial charge in [-0.2, -0.15) is 0 Å². The number of methoxy groups -OCH3 is 1. The lowest BCUT2D eigenvalue weighted by atomic mass is 10.0. The zero-order chi connectivity index (χ0) is 41.2. The van der Waals surface area contributed by atoms with Gasteiger partial charge in [0.2, 0.25) is 12.3 Å². The highest BCUT2D eigenvalue weighted by Gasteiger charge is 2.20. The highest BCUT2D eigenvalue weighted by Crippen LogP contribution is 2.35. The van der Waals surface area contributed by atoms with Gasteiger partial charge in [0, 0.05) is 81.4 Å². The van der Waals surface area contributed by atoms with E-state index in [-0.39, 0.29) is 36.8 Å². The Hall–Kier alpha value is -6.83. The average Bonchev–Trinajstić information content (AvgIpc) is 3.81. The lowest BCUT2D eigenvalue weighted by Crippen LogP contribution is -2.39. The van der Waals surface area contributed by atoms with Gasteiger partial charge in [-0.25, -0.2) is 0 Å². The maximum Gasteiger partial charge on any atom is 0.272 e. The molecule has 0 unspecified atom stereocenters. The van der Waals surface area contributed by atoms with Crippen LogP contribution in [-0.4, -0.2) is 77.7 Å². The van der Waals surface area contributed by atoms with Crippen molar-refractivity contribution in [1.29, 1.82) is 0 Å². The van der Waals surface area contributed by atoms with Crippen molar-refractivity contribution >= 4 is 58.8 Å². The maximum absolute atomic E-state index is 13.2. The Morgan fingerprint density at radius 1 is 0.793 bits per heavy atom. The summed E-state index contributed by atoms with van der Waals surface area (Å²) < 4.78 is 15.0. The van der Waals surface area contributed by atoms with Gasteiger partial charge in [-0.15, -0.1) is 0 Å². The van der Waals surface area contributed by atoms with Crippen LogP contribution in [0.5, 0.6) is 11.5 Å². The van der Waals surface area contributed by atoms with Crippen LogP contribution >= 0.6 is 0 Å². The van der Waals surface area contributed by atoms with E-state index in [4.69, 9.17) is 9.47 Å². The second kappa shape index (κ2) is 18.9. The number of hydrogen-bond donors (Lipinski definition) is 4. The van der Waals surface area contributed by atoms with E-state index >= 15 is 0 Å². The molecule has 1 atom stereocenters. The summed E-state index contributed by atoms with van der Waals surface area (Å²) in [6.07, 6.45) is 9.86. The number of aryl methyl sites for hydroxylation is 3. The number of carbonyl (C=O) groups excluding carboxylic acids is 4. The summed E-state index contributed by atoms with van der Waals surface area (Å²) in [5, 5.41) is 11.8. The van der Waals surface area contributed by atoms with E-state index in [0.29, 0.717) is 46.4 Å². The van der Waals surface area contributed by atoms with E-state index in [1.54, 1.807) is 52.6 Å². The number of piperidine rings is 1. The summed E-state index contributed by atoms with van der Waals surface area (Å²) in [5.74, 6) is 0.322. The minimum atomic E-state index is -0.332. The van der Waals surface area contributed by atoms with Gasteiger partial charge in [0.15, 0.2) is 11.5 Å². The first-order valence-electron chi connectivity index (χ1n) is 19.3. The van der Waals surface area contributed by atoms with Crippen molar-refractivity contribution in [2.75, 3.05) is 48.6 Å². The lowest BCUT2D eigenvalue weighted by Gasteiger charge is -2.29. The van der Waals surface area contributed by atoms with Gasteiger partial charge in [0.1, 0.15) is 11.4 Å². The summed E-state index contributed by atoms with van der Waals surface area (Å²) in [5.41, 5.74) is 7.00. The van der Waals surface area contributed by atoms with Crippen LogP contribution in [-0.2, 0) is 23.7 Å². The van der Waals surface area contributed by atoms with Crippen molar-refractivity contribution in [1.82, 2.24) is 14.0 Å². The Bertz CT molecular complexity index is 2280. The van der Waals surface area contributed by atoms with Gasteiger partial charge in [-0.1, -0.05) is 12.1 Å². The molecule has 302 valence electrons. The predicted octanol–water partition coefficient (Wildman–Crippen LogP) is 7.40. The fraction of sp³-hybridized carbons (Fsp3) is 0.295. The Labute approximate surface area is 338 Å². The molecule has 0 radical (unpaired) electrons. The molecule has 5 aromatic rings. The van der Waals surface area contributed by atoms with Crippen molar-refractivity contribution in [3.8, 4) is 22.6 Å². The van der Waals surface area contributed by atoms with E-state index in [9.17, 15) is 19.2 Å². The fourth-order valence-corrected chi connectivity index (χ4v) is 6.80. The summed E-state index contributed by atoms with van der Waals surface area (Å²) in [6.45, 7) is 2.94. The van der Waals surface area contributed by atoms with Gasteiger partial charge in [-0.3, -0.25) is 24.2 Å². The summed E-state index contributed by atoms with van der Waals surface area (Å²) in [7, 11) is 6.97. The van der Waals surface area contributed by atoms with Crippen molar-refractivity contribution in [3.05, 3.63) is 102 Å². The number of amides is 4. The number of hydrogen-bond acceptors (Lipinski definition) is 8. The third-order valence-electron chi connectivity index (χ3n) is 10.1. The molecule has 0 aliphatic carbocycles. The number of nitrogens with one attached hydrogen (secondary N) is 4. The highest BCUT2D eigenvalue weighted by molar-refractivity contribution is 6.05. The zero-order valence-electron chi connectivity index (χ0n) is 33.5. The van der Waals surface area contributed by atoms with Crippen LogP contribution in [0, 0.1) is 6.92 Å². The number of benzene rings is 3. The first-order valence-corrected chi connectivity index (χ1v) is 19.3. The summed E-state index contributed by atoms with van der Waals surface area (Å²) in [6, 6.07) is 21.9. The minimum Gasteiger partial charge on any atom is -0.493 e. The Morgan fingerprint density at radius 3 is 2.12 bits per heavy atom. The predicted molar refractivity (Wildman–Crippen MR) is 228 cm³/mol. The van der Waals surface area contributed by atoms with Crippen LogP contribution in [0.1, 0.15) is 58.6 Å². The number of likely N-dealkylation sites (tertiary alicyclic amines) is 1. The van der Waals surface area contributed by atoms with E-state index < -0.39 is 0 Å². The molecular weight excluding hydrogens is 737 g/mol. The van der Waals surface area contributed by atoms with Crippen molar-refractivity contribution in [2.24, 2.45) is 19.1 Å². The highest BCUT2D eigenvalue weighted by atomic mass is 16.5. The molecule has 14 heteroatoms. The molecule has 6 rings (SSSR count). The van der Waals surface area contributed by atoms with Gasteiger partial charge in [0.05, 0.1) is 31.1 Å². The summed E-state index contributed by atoms with van der Waals surface area (Å²) in [4.78, 5) is 57.0. The molecule has 1 saturated heterocycles. The Kier molecular flexibility index (Phi) is 13.3. The van der Waals surface area contributed by atoms with E-state index in [2.05, 4.69) is 26.3 Å². The van der Waals surface area contributed by atoms with Crippen molar-refractivity contribution < 1.29 is 28.7 Å². The molecule has 58 heavy (non-hydrogen) atoms. The number of ether oxygens (including phenoxy) is 2. The minimum absolute atomic E-state index is 0.0315. The number of aromatic nitrogens is 2. The smallest absolute Gasteiger partial charge is 0.272 e. The van der Waals surface area contributed by atoms with Crippen LogP contribution < -0.4 is 30.7 Å². The van der Waals surface area contributed by atoms with E-state index in [0.717, 1.165) is 60.3 Å². The van der Waals surface area contributed by atoms with Gasteiger partial charge < -0.3 is 44.8 Å². The molecule has 0 bridgehead atoms. The maximum atomic E-state index is 13.2. The van der Waals surface area contributed by atoms with E-state index in [1.807, 2.05) is 88.0 Å². The third-order valence-corrected chi connectivity index (χ3v) is 10.1. The van der Waals surface area contributed by atoms with E-state index in [1.165, 1.54) is 0 Å². The average molecular weight is 787 g/mol. The summed E-state index contributed by atoms with van der Waals surface area (Å²) >= 11 is 0. The van der Waals surface area contributed by atoms with Gasteiger partial charge >= 0.3 is 0 Å². The van der Waals surface area contributed by atoms with Crippen LogP contribution in [0.25, 0.3) is 11.1 Å². The third kappa shape index (κ3) is 10.1. The molecule has 1 aliphatic rings. The molecule has 1 fully saturated rings. The standard InChI is InChI=1S/C44H50N8O6/c1-29-21-40(57-5)41(24-37(29)46-25-36-9-6-7-19-52(36)28-53)58-20-8-10-42(54)47-35-23-39(51(4)27-35)44(56)48-33-13-11-30(12-14-33)31-22-38(50(3)26-31)43(55)49-34-17-15-32(45-2)16-18-34/h11-18,21-28,36,45H,6-10,19-20H2,1-5H3,(H,47,54)(H,48,56)(H,49,55)/b46-25-/t36-/m0/s1. The molecular formula is C44H50N8O6. The molecule has 2 aromatic heterocycles. The zero-order valence-corrected chi connectivity index (χ0v) is 33.5. The molecule has 0 saturated carbocycles. The second-order valence-electron chi connectivity index (χ2n) is 14.2. The molecule has 3 aromatic carbocycles. The molecule has 1 aliphatic heterocycles. The molecule has 4 amide bonds. The van der Waals surface area contributed by atoms with Crippen LogP contribution in [0.2, 0.25) is 0 Å². The topological polar surface area (TPSA) is 160 Å². The monoisotopic (exact) mass is 786 g/mol.